The summed E-state index contributed by atoms with van der Waals surface area (Å²) in [6.07, 6.45) is 2.12. The van der Waals surface area contributed by atoms with Gasteiger partial charge in [-0.05, 0) is 46.5 Å². The van der Waals surface area contributed by atoms with E-state index in [1.165, 1.54) is 0 Å². The van der Waals surface area contributed by atoms with Crippen LogP contribution in [0.3, 0.4) is 0 Å². The van der Waals surface area contributed by atoms with E-state index in [0.29, 0.717) is 18.0 Å². The molecule has 2 atom stereocenters. The van der Waals surface area contributed by atoms with Crippen molar-refractivity contribution in [3.63, 3.8) is 0 Å². The molecule has 0 aromatic carbocycles. The molecule has 1 saturated heterocycles. The van der Waals surface area contributed by atoms with E-state index < -0.39 is 0 Å². The standard InChI is InChI=1S/C17H35N3O/c1-8-15-17(21)20(16(18-15)11-12(2)3)10-9-19(13(4)5)14(6)7/h12-16,18H,8-11H2,1-7H3. The van der Waals surface area contributed by atoms with Crippen LogP contribution in [0.5, 0.6) is 0 Å². The number of hydrogen-bond acceptors (Lipinski definition) is 3. The first kappa shape index (κ1) is 18.4. The third-order valence-corrected chi connectivity index (χ3v) is 4.38. The second-order valence-electron chi connectivity index (χ2n) is 7.23. The minimum atomic E-state index is 0.0142. The first-order valence-corrected chi connectivity index (χ1v) is 8.60. The summed E-state index contributed by atoms with van der Waals surface area (Å²) in [5, 5.41) is 3.51. The van der Waals surface area contributed by atoms with Gasteiger partial charge in [-0.2, -0.15) is 0 Å². The van der Waals surface area contributed by atoms with E-state index in [1.807, 2.05) is 0 Å². The SMILES string of the molecule is CCC1NC(CC(C)C)N(CCN(C(C)C)C(C)C)C1=O. The van der Waals surface area contributed by atoms with Gasteiger partial charge >= 0.3 is 0 Å². The molecule has 124 valence electrons. The van der Waals surface area contributed by atoms with Crippen LogP contribution in [0, 0.1) is 5.92 Å². The summed E-state index contributed by atoms with van der Waals surface area (Å²) in [7, 11) is 0. The van der Waals surface area contributed by atoms with Crippen molar-refractivity contribution in [3.8, 4) is 0 Å². The molecule has 0 spiro atoms. The zero-order valence-electron chi connectivity index (χ0n) is 15.0. The van der Waals surface area contributed by atoms with E-state index in [4.69, 9.17) is 0 Å². The molecule has 1 N–H and O–H groups in total. The van der Waals surface area contributed by atoms with E-state index in [9.17, 15) is 4.79 Å². The highest BCUT2D eigenvalue weighted by molar-refractivity contribution is 5.84. The van der Waals surface area contributed by atoms with Crippen molar-refractivity contribution in [1.29, 1.82) is 0 Å². The molecule has 0 bridgehead atoms. The van der Waals surface area contributed by atoms with Crippen molar-refractivity contribution in [3.05, 3.63) is 0 Å². The highest BCUT2D eigenvalue weighted by Gasteiger charge is 2.37. The molecular weight excluding hydrogens is 262 g/mol. The van der Waals surface area contributed by atoms with Gasteiger partial charge in [0.1, 0.15) is 0 Å². The van der Waals surface area contributed by atoms with Gasteiger partial charge < -0.3 is 4.90 Å². The maximum atomic E-state index is 12.5. The molecule has 1 aliphatic rings. The number of nitrogens with one attached hydrogen (secondary N) is 1. The molecule has 4 heteroatoms. The van der Waals surface area contributed by atoms with Crippen molar-refractivity contribution in [2.75, 3.05) is 13.1 Å². The molecule has 0 radical (unpaired) electrons. The van der Waals surface area contributed by atoms with Gasteiger partial charge in [0, 0.05) is 25.2 Å². The minimum absolute atomic E-state index is 0.0142. The maximum absolute atomic E-state index is 12.5. The smallest absolute Gasteiger partial charge is 0.241 e. The number of carbonyl (C=O) groups is 1. The summed E-state index contributed by atoms with van der Waals surface area (Å²) in [6, 6.07) is 1.04. The van der Waals surface area contributed by atoms with Crippen molar-refractivity contribution in [1.82, 2.24) is 15.1 Å². The number of carbonyl (C=O) groups excluding carboxylic acids is 1. The van der Waals surface area contributed by atoms with Crippen LogP contribution in [0.4, 0.5) is 0 Å². The number of nitrogens with zero attached hydrogens (tertiary/aromatic N) is 2. The highest BCUT2D eigenvalue weighted by atomic mass is 16.2. The number of amides is 1. The van der Waals surface area contributed by atoms with Crippen LogP contribution < -0.4 is 5.32 Å². The Labute approximate surface area is 131 Å². The molecule has 2 unspecified atom stereocenters. The van der Waals surface area contributed by atoms with Crippen molar-refractivity contribution < 1.29 is 4.79 Å². The molecule has 1 rings (SSSR count). The Morgan fingerprint density at radius 2 is 1.71 bits per heavy atom. The van der Waals surface area contributed by atoms with Crippen molar-refractivity contribution >= 4 is 5.91 Å². The summed E-state index contributed by atoms with van der Waals surface area (Å²) < 4.78 is 0. The van der Waals surface area contributed by atoms with E-state index in [0.717, 1.165) is 25.9 Å². The maximum Gasteiger partial charge on any atom is 0.241 e. The summed E-state index contributed by atoms with van der Waals surface area (Å²) >= 11 is 0. The lowest BCUT2D eigenvalue weighted by Gasteiger charge is -2.34. The van der Waals surface area contributed by atoms with Gasteiger partial charge in [0.15, 0.2) is 0 Å². The topological polar surface area (TPSA) is 35.6 Å². The second-order valence-corrected chi connectivity index (χ2v) is 7.23. The van der Waals surface area contributed by atoms with Gasteiger partial charge in [0.2, 0.25) is 5.91 Å². The first-order chi connectivity index (χ1) is 9.77. The Kier molecular flexibility index (Phi) is 7.14. The summed E-state index contributed by atoms with van der Waals surface area (Å²) in [4.78, 5) is 17.1. The molecule has 0 saturated carbocycles. The molecule has 1 fully saturated rings. The number of hydrogen-bond donors (Lipinski definition) is 1. The van der Waals surface area contributed by atoms with E-state index in [2.05, 4.69) is 63.6 Å². The third kappa shape index (κ3) is 4.96. The molecule has 0 aliphatic carbocycles. The summed E-state index contributed by atoms with van der Waals surface area (Å²) in [6.45, 7) is 17.2. The molecule has 4 nitrogen and oxygen atoms in total. The van der Waals surface area contributed by atoms with E-state index in [-0.39, 0.29) is 18.1 Å². The van der Waals surface area contributed by atoms with Crippen molar-refractivity contribution in [2.24, 2.45) is 5.92 Å². The molecule has 1 heterocycles. The van der Waals surface area contributed by atoms with Crippen LogP contribution in [0.25, 0.3) is 0 Å². The molecule has 0 aromatic rings. The van der Waals surface area contributed by atoms with Crippen LogP contribution in [-0.2, 0) is 4.79 Å². The normalized spacial score (nSPS) is 23.4. The number of rotatable bonds is 8. The fraction of sp³-hybridized carbons (Fsp3) is 0.941. The lowest BCUT2D eigenvalue weighted by atomic mass is 10.1. The van der Waals surface area contributed by atoms with Crippen LogP contribution >= 0.6 is 0 Å². The predicted octanol–water partition coefficient (Wildman–Crippen LogP) is 2.69. The Balaban J connectivity index is 2.69. The zero-order chi connectivity index (χ0) is 16.2. The quantitative estimate of drug-likeness (QED) is 0.748. The van der Waals surface area contributed by atoms with Crippen LogP contribution in [0.15, 0.2) is 0 Å². The van der Waals surface area contributed by atoms with Gasteiger partial charge in [-0.3, -0.25) is 15.0 Å². The fourth-order valence-electron chi connectivity index (χ4n) is 3.28. The Morgan fingerprint density at radius 3 is 2.14 bits per heavy atom. The molecule has 1 aliphatic heterocycles. The van der Waals surface area contributed by atoms with E-state index in [1.54, 1.807) is 0 Å². The molecule has 21 heavy (non-hydrogen) atoms. The van der Waals surface area contributed by atoms with Gasteiger partial charge in [-0.15, -0.1) is 0 Å². The Hall–Kier alpha value is -0.610. The van der Waals surface area contributed by atoms with Gasteiger partial charge in [0.05, 0.1) is 12.2 Å². The predicted molar refractivity (Wildman–Crippen MR) is 89.1 cm³/mol. The third-order valence-electron chi connectivity index (χ3n) is 4.38. The van der Waals surface area contributed by atoms with Gasteiger partial charge in [-0.25, -0.2) is 0 Å². The lowest BCUT2D eigenvalue weighted by Crippen LogP contribution is -2.46. The van der Waals surface area contributed by atoms with Crippen LogP contribution in [0.1, 0.15) is 61.3 Å². The summed E-state index contributed by atoms with van der Waals surface area (Å²) in [5.41, 5.74) is 0. The summed E-state index contributed by atoms with van der Waals surface area (Å²) in [5.74, 6) is 0.885. The van der Waals surface area contributed by atoms with Crippen LogP contribution in [-0.4, -0.2) is 53.1 Å². The minimum Gasteiger partial charge on any atom is -0.325 e. The monoisotopic (exact) mass is 297 g/mol. The van der Waals surface area contributed by atoms with Gasteiger partial charge in [-0.1, -0.05) is 20.8 Å². The average molecular weight is 297 g/mol. The lowest BCUT2D eigenvalue weighted by molar-refractivity contribution is -0.130. The average Bonchev–Trinajstić information content (AvgIpc) is 2.65. The molecule has 1 amide bonds. The second kappa shape index (κ2) is 8.14. The Bertz CT molecular complexity index is 320. The molecular formula is C17H35N3O. The van der Waals surface area contributed by atoms with Gasteiger partial charge in [0.25, 0.3) is 0 Å². The first-order valence-electron chi connectivity index (χ1n) is 8.60. The zero-order valence-corrected chi connectivity index (χ0v) is 15.0. The Morgan fingerprint density at radius 1 is 1.14 bits per heavy atom. The van der Waals surface area contributed by atoms with Crippen molar-refractivity contribution in [2.45, 2.75) is 85.6 Å². The largest absolute Gasteiger partial charge is 0.325 e. The van der Waals surface area contributed by atoms with Crippen LogP contribution in [0.2, 0.25) is 0 Å². The fourth-order valence-corrected chi connectivity index (χ4v) is 3.28. The molecule has 0 aromatic heterocycles. The van der Waals surface area contributed by atoms with E-state index >= 15 is 0 Å². The highest BCUT2D eigenvalue weighted by Crippen LogP contribution is 2.19.